The Morgan fingerprint density at radius 3 is 1.97 bits per heavy atom. The maximum absolute atomic E-state index is 5.08. The molecule has 1 heterocycles. The first-order valence-corrected chi connectivity index (χ1v) is 10.3. The van der Waals surface area contributed by atoms with Crippen LogP contribution in [0.1, 0.15) is 34.7 Å². The van der Waals surface area contributed by atoms with Crippen molar-refractivity contribution >= 4 is 0 Å². The van der Waals surface area contributed by atoms with Crippen LogP contribution in [0.25, 0.3) is 28.2 Å². The first-order valence-electron chi connectivity index (χ1n) is 10.3. The SMILES string of the molecule is CCc1ccccc1-n1nc(-c2ccc(C)c(C)c2)cc1-c1ccc(C)c(C)c1. The Morgan fingerprint density at radius 1 is 0.690 bits per heavy atom. The minimum atomic E-state index is 0.974. The van der Waals surface area contributed by atoms with Crippen molar-refractivity contribution in [2.45, 2.75) is 41.0 Å². The number of aryl methyl sites for hydroxylation is 5. The van der Waals surface area contributed by atoms with Gasteiger partial charge in [0, 0.05) is 11.1 Å². The van der Waals surface area contributed by atoms with Crippen molar-refractivity contribution in [3.63, 3.8) is 0 Å². The van der Waals surface area contributed by atoms with Crippen LogP contribution in [0.4, 0.5) is 0 Å². The highest BCUT2D eigenvalue weighted by Gasteiger charge is 2.16. The fourth-order valence-corrected chi connectivity index (χ4v) is 3.73. The van der Waals surface area contributed by atoms with Gasteiger partial charge in [-0.05, 0) is 86.2 Å². The first-order chi connectivity index (χ1) is 14.0. The van der Waals surface area contributed by atoms with Crippen LogP contribution < -0.4 is 0 Å². The van der Waals surface area contributed by atoms with E-state index in [1.165, 1.54) is 33.4 Å². The lowest BCUT2D eigenvalue weighted by molar-refractivity contribution is 0.873. The van der Waals surface area contributed by atoms with Crippen molar-refractivity contribution in [3.05, 3.63) is 94.5 Å². The number of hydrogen-bond donors (Lipinski definition) is 0. The summed E-state index contributed by atoms with van der Waals surface area (Å²) in [6.07, 6.45) is 0.974. The summed E-state index contributed by atoms with van der Waals surface area (Å²) < 4.78 is 2.12. The quantitative estimate of drug-likeness (QED) is 0.372. The van der Waals surface area contributed by atoms with Gasteiger partial charge < -0.3 is 0 Å². The Labute approximate surface area is 173 Å². The number of rotatable bonds is 4. The molecule has 0 aliphatic carbocycles. The molecule has 0 aliphatic heterocycles. The van der Waals surface area contributed by atoms with Crippen LogP contribution >= 0.6 is 0 Å². The number of para-hydroxylation sites is 1. The fraction of sp³-hybridized carbons (Fsp3) is 0.222. The molecule has 0 N–H and O–H groups in total. The summed E-state index contributed by atoms with van der Waals surface area (Å²) in [5.74, 6) is 0. The number of hydrogen-bond acceptors (Lipinski definition) is 1. The molecule has 0 aliphatic rings. The summed E-state index contributed by atoms with van der Waals surface area (Å²) >= 11 is 0. The highest BCUT2D eigenvalue weighted by Crippen LogP contribution is 2.31. The molecule has 3 aromatic carbocycles. The monoisotopic (exact) mass is 380 g/mol. The summed E-state index contributed by atoms with van der Waals surface area (Å²) in [6.45, 7) is 10.8. The second-order valence-electron chi connectivity index (χ2n) is 7.91. The third kappa shape index (κ3) is 3.63. The van der Waals surface area contributed by atoms with Crippen LogP contribution in [0, 0.1) is 27.7 Å². The number of nitrogens with zero attached hydrogens (tertiary/aromatic N) is 2. The Morgan fingerprint density at radius 2 is 1.31 bits per heavy atom. The van der Waals surface area contributed by atoms with Crippen LogP contribution in [-0.2, 0) is 6.42 Å². The molecule has 0 saturated carbocycles. The highest BCUT2D eigenvalue weighted by atomic mass is 15.3. The van der Waals surface area contributed by atoms with E-state index in [0.717, 1.165) is 29.1 Å². The normalized spacial score (nSPS) is 11.1. The van der Waals surface area contributed by atoms with E-state index >= 15 is 0 Å². The zero-order valence-electron chi connectivity index (χ0n) is 18.0. The molecule has 0 fully saturated rings. The summed E-state index contributed by atoms with van der Waals surface area (Å²) in [6, 6.07) is 24.0. The molecule has 0 saturated heterocycles. The van der Waals surface area contributed by atoms with Gasteiger partial charge in [0.05, 0.1) is 17.1 Å². The zero-order valence-corrected chi connectivity index (χ0v) is 18.0. The van der Waals surface area contributed by atoms with E-state index in [1.807, 2.05) is 0 Å². The van der Waals surface area contributed by atoms with Gasteiger partial charge in [0.1, 0.15) is 0 Å². The lowest BCUT2D eigenvalue weighted by atomic mass is 10.0. The van der Waals surface area contributed by atoms with E-state index in [0.29, 0.717) is 0 Å². The summed E-state index contributed by atoms with van der Waals surface area (Å²) in [5.41, 5.74) is 12.1. The molecule has 0 unspecified atom stereocenters. The standard InChI is InChI=1S/C27H28N2/c1-6-22-9-7-8-10-26(22)29-27(24-14-12-19(3)21(5)16-24)17-25(28-29)23-13-11-18(2)20(4)15-23/h7-17H,6H2,1-5H3. The van der Waals surface area contributed by atoms with Crippen molar-refractivity contribution in [3.8, 4) is 28.2 Å². The van der Waals surface area contributed by atoms with Crippen molar-refractivity contribution in [1.82, 2.24) is 9.78 Å². The minimum Gasteiger partial charge on any atom is -0.232 e. The molecular formula is C27H28N2. The first kappa shape index (κ1) is 19.2. The van der Waals surface area contributed by atoms with Gasteiger partial charge in [-0.2, -0.15) is 5.10 Å². The lowest BCUT2D eigenvalue weighted by Crippen LogP contribution is -2.03. The second-order valence-corrected chi connectivity index (χ2v) is 7.91. The Bertz CT molecular complexity index is 1180. The van der Waals surface area contributed by atoms with Gasteiger partial charge >= 0.3 is 0 Å². The van der Waals surface area contributed by atoms with Crippen molar-refractivity contribution in [2.75, 3.05) is 0 Å². The molecule has 146 valence electrons. The molecule has 0 amide bonds. The van der Waals surface area contributed by atoms with Gasteiger partial charge in [-0.1, -0.05) is 49.4 Å². The summed E-state index contributed by atoms with van der Waals surface area (Å²) in [4.78, 5) is 0. The van der Waals surface area contributed by atoms with Crippen LogP contribution in [0.5, 0.6) is 0 Å². The molecule has 2 nitrogen and oxygen atoms in total. The van der Waals surface area contributed by atoms with E-state index in [-0.39, 0.29) is 0 Å². The predicted molar refractivity (Wildman–Crippen MR) is 123 cm³/mol. The van der Waals surface area contributed by atoms with Gasteiger partial charge in [0.2, 0.25) is 0 Å². The van der Waals surface area contributed by atoms with Gasteiger partial charge in [-0.15, -0.1) is 0 Å². The van der Waals surface area contributed by atoms with Crippen LogP contribution in [-0.4, -0.2) is 9.78 Å². The van der Waals surface area contributed by atoms with Crippen LogP contribution in [0.3, 0.4) is 0 Å². The third-order valence-corrected chi connectivity index (χ3v) is 5.92. The van der Waals surface area contributed by atoms with Gasteiger partial charge in [0.15, 0.2) is 0 Å². The van der Waals surface area contributed by atoms with E-state index in [1.54, 1.807) is 0 Å². The largest absolute Gasteiger partial charge is 0.232 e. The van der Waals surface area contributed by atoms with E-state index in [4.69, 9.17) is 5.10 Å². The Hall–Kier alpha value is -3.13. The molecule has 1 aromatic heterocycles. The molecule has 0 atom stereocenters. The predicted octanol–water partition coefficient (Wildman–Crippen LogP) is 7.00. The van der Waals surface area contributed by atoms with Crippen molar-refractivity contribution in [2.24, 2.45) is 0 Å². The Kier molecular flexibility index (Phi) is 5.10. The lowest BCUT2D eigenvalue weighted by Gasteiger charge is -2.12. The highest BCUT2D eigenvalue weighted by molar-refractivity contribution is 5.72. The summed E-state index contributed by atoms with van der Waals surface area (Å²) in [5, 5.41) is 5.08. The van der Waals surface area contributed by atoms with Gasteiger partial charge in [-0.25, -0.2) is 4.68 Å². The van der Waals surface area contributed by atoms with Gasteiger partial charge in [-0.3, -0.25) is 0 Å². The average molecular weight is 381 g/mol. The molecule has 2 heteroatoms. The Balaban J connectivity index is 1.95. The molecular weight excluding hydrogens is 352 g/mol. The molecule has 0 bridgehead atoms. The summed E-state index contributed by atoms with van der Waals surface area (Å²) in [7, 11) is 0. The van der Waals surface area contributed by atoms with Crippen molar-refractivity contribution in [1.29, 1.82) is 0 Å². The topological polar surface area (TPSA) is 17.8 Å². The van der Waals surface area contributed by atoms with E-state index < -0.39 is 0 Å². The van der Waals surface area contributed by atoms with E-state index in [9.17, 15) is 0 Å². The number of aromatic nitrogens is 2. The smallest absolute Gasteiger partial charge is 0.0934 e. The molecule has 0 radical (unpaired) electrons. The molecule has 4 rings (SSSR count). The van der Waals surface area contributed by atoms with Gasteiger partial charge in [0.25, 0.3) is 0 Å². The molecule has 29 heavy (non-hydrogen) atoms. The maximum atomic E-state index is 5.08. The van der Waals surface area contributed by atoms with Crippen LogP contribution in [0.2, 0.25) is 0 Å². The fourth-order valence-electron chi connectivity index (χ4n) is 3.73. The number of benzene rings is 3. The maximum Gasteiger partial charge on any atom is 0.0934 e. The van der Waals surface area contributed by atoms with E-state index in [2.05, 4.69) is 106 Å². The average Bonchev–Trinajstić information content (AvgIpc) is 3.17. The van der Waals surface area contributed by atoms with Crippen LogP contribution in [0.15, 0.2) is 66.7 Å². The minimum absolute atomic E-state index is 0.974. The second kappa shape index (κ2) is 7.71. The van der Waals surface area contributed by atoms with Crippen molar-refractivity contribution < 1.29 is 0 Å². The molecule has 4 aromatic rings. The molecule has 0 spiro atoms. The zero-order chi connectivity index (χ0) is 20.5. The third-order valence-electron chi connectivity index (χ3n) is 5.92.